The highest BCUT2D eigenvalue weighted by Crippen LogP contribution is 2.42. The lowest BCUT2D eigenvalue weighted by molar-refractivity contribution is -0.192. The number of hydrogen-bond acceptors (Lipinski definition) is 2. The second kappa shape index (κ2) is 8.50. The van der Waals surface area contributed by atoms with Gasteiger partial charge in [0.05, 0.1) is 17.8 Å². The maximum atomic E-state index is 13.0. The zero-order valence-corrected chi connectivity index (χ0v) is 15.1. The summed E-state index contributed by atoms with van der Waals surface area (Å²) in [5.41, 5.74) is -0.166. The third-order valence-electron chi connectivity index (χ3n) is 3.80. The normalized spacial score (nSPS) is 20.8. The third-order valence-corrected chi connectivity index (χ3v) is 3.80. The summed E-state index contributed by atoms with van der Waals surface area (Å²) in [4.78, 5) is 8.90. The number of carboxylic acid groups (broad SMARTS) is 1. The van der Waals surface area contributed by atoms with Gasteiger partial charge in [-0.2, -0.15) is 26.3 Å². The lowest BCUT2D eigenvalue weighted by Crippen LogP contribution is -2.21. The molecule has 0 bridgehead atoms. The van der Waals surface area contributed by atoms with E-state index in [1.807, 2.05) is 0 Å². The van der Waals surface area contributed by atoms with Crippen molar-refractivity contribution in [2.24, 2.45) is 5.41 Å². The molecule has 3 nitrogen and oxygen atoms in total. The van der Waals surface area contributed by atoms with Crippen molar-refractivity contribution < 1.29 is 41.0 Å². The highest BCUT2D eigenvalue weighted by atomic mass is 19.4. The first-order valence-corrected chi connectivity index (χ1v) is 8.23. The summed E-state index contributed by atoms with van der Waals surface area (Å²) < 4.78 is 76.6. The molecule has 0 saturated carbocycles. The van der Waals surface area contributed by atoms with Crippen LogP contribution >= 0.6 is 0 Å². The van der Waals surface area contributed by atoms with Gasteiger partial charge in [0.15, 0.2) is 0 Å². The van der Waals surface area contributed by atoms with Crippen molar-refractivity contribution in [1.82, 2.24) is 0 Å². The van der Waals surface area contributed by atoms with Crippen LogP contribution in [0.2, 0.25) is 0 Å². The molecule has 0 radical (unpaired) electrons. The van der Waals surface area contributed by atoms with Crippen molar-refractivity contribution in [2.75, 3.05) is 0 Å². The summed E-state index contributed by atoms with van der Waals surface area (Å²) >= 11 is 0. The minimum atomic E-state index is -5.08. The fourth-order valence-corrected chi connectivity index (χ4v) is 2.80. The van der Waals surface area contributed by atoms with Crippen molar-refractivity contribution in [3.05, 3.63) is 35.4 Å². The van der Waals surface area contributed by atoms with Crippen LogP contribution in [0, 0.1) is 5.41 Å². The number of ether oxygens (including phenoxy) is 1. The Morgan fingerprint density at radius 3 is 2.04 bits per heavy atom. The van der Waals surface area contributed by atoms with Crippen LogP contribution in [0.5, 0.6) is 0 Å². The molecule has 1 fully saturated rings. The Morgan fingerprint density at radius 2 is 1.59 bits per heavy atom. The van der Waals surface area contributed by atoms with E-state index in [4.69, 9.17) is 14.6 Å². The van der Waals surface area contributed by atoms with E-state index in [2.05, 4.69) is 20.8 Å². The smallest absolute Gasteiger partial charge is 0.475 e. The molecule has 2 rings (SSSR count). The molecule has 1 aromatic carbocycles. The summed E-state index contributed by atoms with van der Waals surface area (Å²) in [5, 5.41) is 7.12. The monoisotopic (exact) mass is 400 g/mol. The molecular weight excluding hydrogens is 378 g/mol. The second-order valence-corrected chi connectivity index (χ2v) is 7.48. The summed E-state index contributed by atoms with van der Waals surface area (Å²) in [6.45, 7) is 6.36. The first-order chi connectivity index (χ1) is 12.1. The molecule has 1 aromatic rings. The molecule has 1 aliphatic rings. The van der Waals surface area contributed by atoms with Gasteiger partial charge in [0.2, 0.25) is 0 Å². The fraction of sp³-hybridized carbons (Fsp3) is 0.611. The molecule has 0 aromatic heterocycles. The number of alkyl halides is 6. The quantitative estimate of drug-likeness (QED) is 0.620. The number of benzene rings is 1. The predicted molar refractivity (Wildman–Crippen MR) is 86.1 cm³/mol. The molecular formula is C18H22F6O3. The molecule has 1 N–H and O–H groups in total. The third kappa shape index (κ3) is 7.78. The molecule has 1 aliphatic heterocycles. The summed E-state index contributed by atoms with van der Waals surface area (Å²) in [6.07, 6.45) is -7.41. The Morgan fingerprint density at radius 1 is 1.07 bits per heavy atom. The Bertz CT molecular complexity index is 631. The molecule has 0 aliphatic carbocycles. The SMILES string of the molecule is CC(C)(C)C[C@@H]1CCC(c2ccccc2C(F)(F)F)O1.O=C(O)C(F)(F)F. The van der Waals surface area contributed by atoms with E-state index in [1.54, 1.807) is 6.07 Å². The molecule has 154 valence electrons. The van der Waals surface area contributed by atoms with Crippen LogP contribution < -0.4 is 0 Å². The van der Waals surface area contributed by atoms with Gasteiger partial charge < -0.3 is 9.84 Å². The largest absolute Gasteiger partial charge is 0.490 e. The highest BCUT2D eigenvalue weighted by molar-refractivity contribution is 5.73. The second-order valence-electron chi connectivity index (χ2n) is 7.48. The van der Waals surface area contributed by atoms with Crippen molar-refractivity contribution >= 4 is 5.97 Å². The number of carboxylic acids is 1. The minimum Gasteiger partial charge on any atom is -0.475 e. The molecule has 1 saturated heterocycles. The zero-order chi connectivity index (χ0) is 21.0. The van der Waals surface area contributed by atoms with Crippen LogP contribution in [0.25, 0.3) is 0 Å². The van der Waals surface area contributed by atoms with Gasteiger partial charge >= 0.3 is 18.3 Å². The lowest BCUT2D eigenvalue weighted by Gasteiger charge is -2.24. The molecule has 1 unspecified atom stereocenters. The van der Waals surface area contributed by atoms with Crippen LogP contribution in [0.15, 0.2) is 24.3 Å². The van der Waals surface area contributed by atoms with Crippen molar-refractivity contribution in [3.8, 4) is 0 Å². The van der Waals surface area contributed by atoms with Gasteiger partial charge in [0.1, 0.15) is 0 Å². The summed E-state index contributed by atoms with van der Waals surface area (Å²) in [7, 11) is 0. The molecule has 1 heterocycles. The molecule has 0 spiro atoms. The predicted octanol–water partition coefficient (Wildman–Crippen LogP) is 6.00. The minimum absolute atomic E-state index is 0.0567. The lowest BCUT2D eigenvalue weighted by atomic mass is 9.88. The Labute approximate surface area is 153 Å². The van der Waals surface area contributed by atoms with Crippen LogP contribution in [0.3, 0.4) is 0 Å². The van der Waals surface area contributed by atoms with E-state index in [9.17, 15) is 26.3 Å². The number of hydrogen-bond donors (Lipinski definition) is 1. The fourth-order valence-electron chi connectivity index (χ4n) is 2.80. The first-order valence-electron chi connectivity index (χ1n) is 8.23. The number of rotatable bonds is 2. The van der Waals surface area contributed by atoms with Gasteiger partial charge in [-0.1, -0.05) is 39.0 Å². The van der Waals surface area contributed by atoms with E-state index in [0.717, 1.165) is 18.9 Å². The van der Waals surface area contributed by atoms with E-state index >= 15 is 0 Å². The van der Waals surface area contributed by atoms with Gasteiger partial charge in [-0.05, 0) is 36.3 Å². The van der Waals surface area contributed by atoms with Gasteiger partial charge in [0.25, 0.3) is 0 Å². The standard InChI is InChI=1S/C16H21F3O.C2HF3O2/c1-15(2,3)10-11-8-9-14(20-11)12-6-4-5-7-13(12)16(17,18)19;3-2(4,5)1(6)7/h4-7,11,14H,8-10H2,1-3H3;(H,6,7)/t11-,14?;/m0./s1. The molecule has 9 heteroatoms. The van der Waals surface area contributed by atoms with Gasteiger partial charge in [0, 0.05) is 0 Å². The zero-order valence-electron chi connectivity index (χ0n) is 15.1. The van der Waals surface area contributed by atoms with E-state index < -0.39 is 30.0 Å². The van der Waals surface area contributed by atoms with E-state index in [1.165, 1.54) is 12.1 Å². The van der Waals surface area contributed by atoms with Crippen LogP contribution in [0.1, 0.15) is 57.3 Å². The Hall–Kier alpha value is -1.77. The number of carbonyl (C=O) groups is 1. The number of halogens is 6. The molecule has 27 heavy (non-hydrogen) atoms. The topological polar surface area (TPSA) is 46.5 Å². The first kappa shape index (κ1) is 23.3. The Balaban J connectivity index is 0.000000445. The van der Waals surface area contributed by atoms with Gasteiger partial charge in [-0.25, -0.2) is 4.79 Å². The molecule has 2 atom stereocenters. The summed E-state index contributed by atoms with van der Waals surface area (Å²) in [5.74, 6) is -2.76. The van der Waals surface area contributed by atoms with Crippen molar-refractivity contribution in [1.29, 1.82) is 0 Å². The molecule has 0 amide bonds. The summed E-state index contributed by atoms with van der Waals surface area (Å²) in [6, 6.07) is 5.74. The van der Waals surface area contributed by atoms with E-state index in [-0.39, 0.29) is 17.1 Å². The maximum absolute atomic E-state index is 13.0. The highest BCUT2D eigenvalue weighted by Gasteiger charge is 2.39. The maximum Gasteiger partial charge on any atom is 0.490 e. The van der Waals surface area contributed by atoms with Crippen molar-refractivity contribution in [3.63, 3.8) is 0 Å². The Kier molecular flexibility index (Phi) is 7.32. The van der Waals surface area contributed by atoms with Crippen LogP contribution in [0.4, 0.5) is 26.3 Å². The van der Waals surface area contributed by atoms with Crippen LogP contribution in [-0.2, 0) is 15.7 Å². The average molecular weight is 400 g/mol. The van der Waals surface area contributed by atoms with E-state index in [0.29, 0.717) is 6.42 Å². The number of aliphatic carboxylic acids is 1. The van der Waals surface area contributed by atoms with Crippen LogP contribution in [-0.4, -0.2) is 23.4 Å². The van der Waals surface area contributed by atoms with Crippen molar-refractivity contribution in [2.45, 2.75) is 64.6 Å². The average Bonchev–Trinajstić information content (AvgIpc) is 2.92. The van der Waals surface area contributed by atoms with Gasteiger partial charge in [-0.3, -0.25) is 0 Å². The van der Waals surface area contributed by atoms with Gasteiger partial charge in [-0.15, -0.1) is 0 Å².